The Morgan fingerprint density at radius 3 is 2.12 bits per heavy atom. The molecule has 88 valence electrons. The number of hydrogen-bond donors (Lipinski definition) is 3. The molecule has 0 unspecified atom stereocenters. The zero-order valence-electron chi connectivity index (χ0n) is 8.45. The Morgan fingerprint density at radius 1 is 1.00 bits per heavy atom. The third-order valence-electron chi connectivity index (χ3n) is 1.95. The van der Waals surface area contributed by atoms with E-state index in [1.807, 2.05) is 0 Å². The summed E-state index contributed by atoms with van der Waals surface area (Å²) in [6.07, 6.45) is 1.78. The van der Waals surface area contributed by atoms with E-state index in [-0.39, 0.29) is 11.1 Å². The molecule has 0 bridgehead atoms. The molecule has 0 fully saturated rings. The molecule has 6 nitrogen and oxygen atoms in total. The van der Waals surface area contributed by atoms with Crippen LogP contribution < -0.4 is 0 Å². The standard InChI is InChI=1S/C11H8O6/c12-8(13)5-4-6-2-1-3-7(10(14)15)9(6)11(16)17/h1-5H,(H,12,13)(H,14,15)(H,16,17). The summed E-state index contributed by atoms with van der Waals surface area (Å²) in [5.74, 6) is -4.05. The van der Waals surface area contributed by atoms with Crippen molar-refractivity contribution in [1.29, 1.82) is 0 Å². The molecule has 0 aromatic heterocycles. The second-order valence-electron chi connectivity index (χ2n) is 3.05. The van der Waals surface area contributed by atoms with Crippen molar-refractivity contribution < 1.29 is 29.7 Å². The molecule has 0 saturated carbocycles. The van der Waals surface area contributed by atoms with E-state index in [4.69, 9.17) is 15.3 Å². The lowest BCUT2D eigenvalue weighted by molar-refractivity contribution is -0.131. The molecule has 1 aromatic carbocycles. The van der Waals surface area contributed by atoms with Gasteiger partial charge in [0.2, 0.25) is 0 Å². The van der Waals surface area contributed by atoms with Crippen LogP contribution >= 0.6 is 0 Å². The van der Waals surface area contributed by atoms with Crippen LogP contribution in [0.15, 0.2) is 24.3 Å². The fourth-order valence-electron chi connectivity index (χ4n) is 1.29. The van der Waals surface area contributed by atoms with Gasteiger partial charge in [-0.3, -0.25) is 0 Å². The number of hydrogen-bond acceptors (Lipinski definition) is 3. The molecular formula is C11H8O6. The van der Waals surface area contributed by atoms with Crippen LogP contribution in [-0.2, 0) is 4.79 Å². The first-order valence-electron chi connectivity index (χ1n) is 4.44. The quantitative estimate of drug-likeness (QED) is 0.676. The highest BCUT2D eigenvalue weighted by Gasteiger charge is 2.18. The maximum atomic E-state index is 10.9. The number of aromatic carboxylic acids is 2. The van der Waals surface area contributed by atoms with Gasteiger partial charge in [-0.15, -0.1) is 0 Å². The van der Waals surface area contributed by atoms with Crippen LogP contribution in [0.2, 0.25) is 0 Å². The summed E-state index contributed by atoms with van der Waals surface area (Å²) in [5, 5.41) is 26.2. The van der Waals surface area contributed by atoms with Gasteiger partial charge in [0.25, 0.3) is 0 Å². The van der Waals surface area contributed by atoms with E-state index < -0.39 is 23.5 Å². The second kappa shape index (κ2) is 4.93. The normalized spacial score (nSPS) is 10.4. The minimum atomic E-state index is -1.42. The van der Waals surface area contributed by atoms with Gasteiger partial charge in [-0.2, -0.15) is 0 Å². The lowest BCUT2D eigenvalue weighted by Crippen LogP contribution is -2.09. The smallest absolute Gasteiger partial charge is 0.337 e. The van der Waals surface area contributed by atoms with E-state index in [1.54, 1.807) is 0 Å². The van der Waals surface area contributed by atoms with Crippen molar-refractivity contribution in [3.05, 3.63) is 41.0 Å². The van der Waals surface area contributed by atoms with Crippen molar-refractivity contribution >= 4 is 24.0 Å². The van der Waals surface area contributed by atoms with Crippen LogP contribution in [0.5, 0.6) is 0 Å². The van der Waals surface area contributed by atoms with Crippen molar-refractivity contribution in [2.24, 2.45) is 0 Å². The molecule has 0 atom stereocenters. The Balaban J connectivity index is 3.40. The third kappa shape index (κ3) is 2.91. The van der Waals surface area contributed by atoms with Gasteiger partial charge < -0.3 is 15.3 Å². The van der Waals surface area contributed by atoms with Gasteiger partial charge in [0.15, 0.2) is 0 Å². The van der Waals surface area contributed by atoms with Crippen LogP contribution in [0, 0.1) is 0 Å². The highest BCUT2D eigenvalue weighted by molar-refractivity contribution is 6.04. The molecule has 1 aromatic rings. The number of rotatable bonds is 4. The number of carboxylic acid groups (broad SMARTS) is 3. The van der Waals surface area contributed by atoms with Crippen molar-refractivity contribution in [2.75, 3.05) is 0 Å². The molecule has 6 heteroatoms. The topological polar surface area (TPSA) is 112 Å². The Labute approximate surface area is 95.4 Å². The van der Waals surface area contributed by atoms with E-state index in [1.165, 1.54) is 12.1 Å². The lowest BCUT2D eigenvalue weighted by atomic mass is 10.0. The molecule has 0 heterocycles. The van der Waals surface area contributed by atoms with Crippen molar-refractivity contribution in [3.63, 3.8) is 0 Å². The molecule has 0 aliphatic heterocycles. The van der Waals surface area contributed by atoms with Gasteiger partial charge >= 0.3 is 17.9 Å². The van der Waals surface area contributed by atoms with Gasteiger partial charge in [0.05, 0.1) is 11.1 Å². The molecule has 3 N–H and O–H groups in total. The molecule has 17 heavy (non-hydrogen) atoms. The highest BCUT2D eigenvalue weighted by Crippen LogP contribution is 2.16. The monoisotopic (exact) mass is 236 g/mol. The summed E-state index contributed by atoms with van der Waals surface area (Å²) in [6.45, 7) is 0. The fraction of sp³-hybridized carbons (Fsp3) is 0. The van der Waals surface area contributed by atoms with Crippen LogP contribution in [0.25, 0.3) is 6.08 Å². The maximum absolute atomic E-state index is 10.9. The number of aliphatic carboxylic acids is 1. The Bertz CT molecular complexity index is 515. The summed E-state index contributed by atoms with van der Waals surface area (Å²) in [7, 11) is 0. The molecule has 0 saturated heterocycles. The van der Waals surface area contributed by atoms with E-state index >= 15 is 0 Å². The van der Waals surface area contributed by atoms with Gasteiger partial charge in [0, 0.05) is 6.08 Å². The Kier molecular flexibility index (Phi) is 3.61. The first-order chi connectivity index (χ1) is 7.93. The lowest BCUT2D eigenvalue weighted by Gasteiger charge is -2.04. The van der Waals surface area contributed by atoms with Gasteiger partial charge in [-0.1, -0.05) is 12.1 Å². The molecule has 0 radical (unpaired) electrons. The zero-order chi connectivity index (χ0) is 13.0. The van der Waals surface area contributed by atoms with Crippen molar-refractivity contribution in [1.82, 2.24) is 0 Å². The van der Waals surface area contributed by atoms with Crippen molar-refractivity contribution in [3.8, 4) is 0 Å². The minimum absolute atomic E-state index is 0.0276. The molecule has 0 spiro atoms. The third-order valence-corrected chi connectivity index (χ3v) is 1.95. The predicted molar refractivity (Wildman–Crippen MR) is 57.0 cm³/mol. The molecule has 0 amide bonds. The molecule has 1 rings (SSSR count). The fourth-order valence-corrected chi connectivity index (χ4v) is 1.29. The van der Waals surface area contributed by atoms with Gasteiger partial charge in [0.1, 0.15) is 0 Å². The zero-order valence-corrected chi connectivity index (χ0v) is 8.45. The summed E-state index contributed by atoms with van der Waals surface area (Å²) >= 11 is 0. The first kappa shape index (κ1) is 12.4. The Morgan fingerprint density at radius 2 is 1.65 bits per heavy atom. The average Bonchev–Trinajstić information content (AvgIpc) is 2.25. The number of benzene rings is 1. The van der Waals surface area contributed by atoms with Crippen LogP contribution in [-0.4, -0.2) is 33.2 Å². The second-order valence-corrected chi connectivity index (χ2v) is 3.05. The summed E-state index contributed by atoms with van der Waals surface area (Å²) in [6, 6.07) is 3.82. The van der Waals surface area contributed by atoms with E-state index in [0.29, 0.717) is 0 Å². The van der Waals surface area contributed by atoms with Gasteiger partial charge in [-0.05, 0) is 17.7 Å². The average molecular weight is 236 g/mol. The minimum Gasteiger partial charge on any atom is -0.478 e. The largest absolute Gasteiger partial charge is 0.478 e. The van der Waals surface area contributed by atoms with Crippen LogP contribution in [0.3, 0.4) is 0 Å². The van der Waals surface area contributed by atoms with E-state index in [9.17, 15) is 14.4 Å². The van der Waals surface area contributed by atoms with E-state index in [0.717, 1.165) is 18.2 Å². The van der Waals surface area contributed by atoms with Crippen LogP contribution in [0.1, 0.15) is 26.3 Å². The SMILES string of the molecule is O=C(O)C=Cc1cccc(C(=O)O)c1C(=O)O. The molecular weight excluding hydrogens is 228 g/mol. The first-order valence-corrected chi connectivity index (χ1v) is 4.44. The number of carboxylic acids is 3. The summed E-state index contributed by atoms with van der Waals surface area (Å²) in [5.41, 5.74) is -0.790. The van der Waals surface area contributed by atoms with Crippen molar-refractivity contribution in [2.45, 2.75) is 0 Å². The Hall–Kier alpha value is -2.63. The molecule has 0 aliphatic carbocycles. The summed E-state index contributed by atoms with van der Waals surface area (Å²) < 4.78 is 0. The molecule has 0 aliphatic rings. The summed E-state index contributed by atoms with van der Waals surface area (Å²) in [4.78, 5) is 32.1. The number of carbonyl (C=O) groups is 3. The van der Waals surface area contributed by atoms with Gasteiger partial charge in [-0.25, -0.2) is 14.4 Å². The highest BCUT2D eigenvalue weighted by atomic mass is 16.4. The maximum Gasteiger partial charge on any atom is 0.337 e. The van der Waals surface area contributed by atoms with Crippen LogP contribution in [0.4, 0.5) is 0 Å². The van der Waals surface area contributed by atoms with E-state index in [2.05, 4.69) is 0 Å². The predicted octanol–water partition coefficient (Wildman–Crippen LogP) is 1.18.